The van der Waals surface area contributed by atoms with Gasteiger partial charge in [0, 0.05) is 0 Å². The summed E-state index contributed by atoms with van der Waals surface area (Å²) < 4.78 is 0. The molecule has 0 aliphatic heterocycles. The Morgan fingerprint density at radius 2 is 1.39 bits per heavy atom. The molecule has 2 aliphatic rings. The highest BCUT2D eigenvalue weighted by atomic mass is 14.5. The van der Waals surface area contributed by atoms with Crippen molar-refractivity contribution < 1.29 is 0 Å². The summed E-state index contributed by atoms with van der Waals surface area (Å²) in [5.74, 6) is 5.66. The Balaban J connectivity index is -0.000000299. The van der Waals surface area contributed by atoms with Crippen molar-refractivity contribution >= 4 is 0 Å². The largest absolute Gasteiger partial charge is 0.106 e. The van der Waals surface area contributed by atoms with E-state index < -0.39 is 0 Å². The summed E-state index contributed by atoms with van der Waals surface area (Å²) in [5, 5.41) is 0. The van der Waals surface area contributed by atoms with Gasteiger partial charge in [0.1, 0.15) is 0 Å². The highest BCUT2D eigenvalue weighted by Gasteiger charge is 2.48. The average Bonchev–Trinajstić information content (AvgIpc) is 3.38. The number of rotatable bonds is 16. The molecule has 0 aromatic rings. The van der Waals surface area contributed by atoms with Crippen molar-refractivity contribution in [1.29, 1.82) is 0 Å². The molecule has 5 atom stereocenters. The summed E-state index contributed by atoms with van der Waals surface area (Å²) in [5.41, 5.74) is 2.06. The van der Waals surface area contributed by atoms with Gasteiger partial charge in [0.15, 0.2) is 0 Å². The Labute approximate surface area is 283 Å². The Hall–Kier alpha value is -0.780. The van der Waals surface area contributed by atoms with Crippen molar-refractivity contribution in [2.75, 3.05) is 0 Å². The fourth-order valence-corrected chi connectivity index (χ4v) is 7.43. The molecule has 0 radical (unpaired) electrons. The van der Waals surface area contributed by atoms with Gasteiger partial charge in [0.25, 0.3) is 0 Å². The first-order valence-corrected chi connectivity index (χ1v) is 19.2. The Morgan fingerprint density at radius 3 is 1.77 bits per heavy atom. The van der Waals surface area contributed by atoms with Crippen LogP contribution in [0.25, 0.3) is 0 Å². The molecule has 0 nitrogen and oxygen atoms in total. The average molecular weight is 619 g/mol. The van der Waals surface area contributed by atoms with E-state index in [4.69, 9.17) is 0 Å². The molecule has 0 heteroatoms. The van der Waals surface area contributed by atoms with Crippen LogP contribution in [0.5, 0.6) is 0 Å². The first-order chi connectivity index (χ1) is 20.5. The van der Waals surface area contributed by atoms with E-state index >= 15 is 0 Å². The van der Waals surface area contributed by atoms with Gasteiger partial charge in [-0.15, -0.1) is 26.3 Å². The van der Waals surface area contributed by atoms with Gasteiger partial charge in [-0.3, -0.25) is 0 Å². The van der Waals surface area contributed by atoms with Gasteiger partial charge in [-0.25, -0.2) is 0 Å². The van der Waals surface area contributed by atoms with Crippen LogP contribution in [0.4, 0.5) is 0 Å². The quantitative estimate of drug-likeness (QED) is 0.119. The van der Waals surface area contributed by atoms with Gasteiger partial charge < -0.3 is 0 Å². The van der Waals surface area contributed by atoms with E-state index in [-0.39, 0.29) is 7.43 Å². The molecule has 2 saturated carbocycles. The maximum atomic E-state index is 4.15. The van der Waals surface area contributed by atoms with Crippen molar-refractivity contribution in [1.82, 2.24) is 0 Å². The zero-order valence-electron chi connectivity index (χ0n) is 32.3. The van der Waals surface area contributed by atoms with Crippen molar-refractivity contribution in [3.05, 3.63) is 38.0 Å². The second kappa shape index (κ2) is 33.6. The minimum Gasteiger partial charge on any atom is -0.106 e. The lowest BCUT2D eigenvalue weighted by Gasteiger charge is -2.48. The van der Waals surface area contributed by atoms with E-state index in [1.165, 1.54) is 128 Å². The minimum atomic E-state index is 0. The number of hydrogen-bond acceptors (Lipinski definition) is 0. The molecule has 2 aliphatic carbocycles. The molecule has 0 N–H and O–H groups in total. The van der Waals surface area contributed by atoms with Crippen LogP contribution >= 0.6 is 0 Å². The summed E-state index contributed by atoms with van der Waals surface area (Å²) in [7, 11) is 0. The summed E-state index contributed by atoms with van der Waals surface area (Å²) in [4.78, 5) is 0. The van der Waals surface area contributed by atoms with Gasteiger partial charge >= 0.3 is 0 Å². The van der Waals surface area contributed by atoms with Crippen LogP contribution < -0.4 is 0 Å². The topological polar surface area (TPSA) is 0 Å². The second-order valence-corrected chi connectivity index (χ2v) is 15.0. The third kappa shape index (κ3) is 25.4. The van der Waals surface area contributed by atoms with E-state index in [1.807, 2.05) is 6.08 Å². The number of hydrogen-bond donors (Lipinski definition) is 0. The summed E-state index contributed by atoms with van der Waals surface area (Å²) >= 11 is 0. The first kappa shape index (κ1) is 50.1. The fraction of sp³-hybridized carbons (Fsp3) is 0.864. The summed E-state index contributed by atoms with van der Waals surface area (Å²) in [6, 6.07) is 0. The standard InChI is InChI=1S/C22H40.C7H16.C7H14.C5H12.C2H4.CH4/c1-7-18(15-16(2)3)10-11-20-19(17(4)5)12-14-22(6)13-8-9-21(20)22;1-4-5-6-7(2)3;1-3-5-7-6-4-2;1-3-5-4-2;1-2;/h17-21H,2,7-15H2,1,3-6H3;7H,4-6H2,1-3H3;3H,1,4-7H2,2H3;3-5H2,1-2H3;1-2H2;1H4. The molecule has 2 fully saturated rings. The van der Waals surface area contributed by atoms with Crippen LogP contribution in [0.3, 0.4) is 0 Å². The molecule has 44 heavy (non-hydrogen) atoms. The third-order valence-corrected chi connectivity index (χ3v) is 10.1. The Kier molecular flexibility index (Phi) is 38.2. The normalized spacial score (nSPS) is 22.2. The van der Waals surface area contributed by atoms with Crippen LogP contribution in [-0.4, -0.2) is 0 Å². The molecule has 0 bridgehead atoms. The van der Waals surface area contributed by atoms with Crippen LogP contribution in [-0.2, 0) is 0 Å². The third-order valence-electron chi connectivity index (χ3n) is 10.1. The molecule has 2 rings (SSSR count). The molecule has 0 amide bonds. The van der Waals surface area contributed by atoms with E-state index in [0.717, 1.165) is 35.5 Å². The number of fused-ring (bicyclic) bond motifs is 1. The van der Waals surface area contributed by atoms with Crippen LogP contribution in [0, 0.1) is 40.9 Å². The predicted molar refractivity (Wildman–Crippen MR) is 211 cm³/mol. The lowest BCUT2D eigenvalue weighted by molar-refractivity contribution is 0.0119. The number of allylic oxidation sites excluding steroid dienone is 2. The second-order valence-electron chi connectivity index (χ2n) is 15.0. The Morgan fingerprint density at radius 1 is 0.818 bits per heavy atom. The fourth-order valence-electron chi connectivity index (χ4n) is 7.43. The van der Waals surface area contributed by atoms with Crippen molar-refractivity contribution in [2.24, 2.45) is 40.9 Å². The SMILES string of the molecule is C.C=C.C=C(C)CC(CC)CCC1C(C(C)C)CCC2(C)CCCC12.C=CCCCCC.CCCCC.CCCCC(C)C. The minimum absolute atomic E-state index is 0. The van der Waals surface area contributed by atoms with Gasteiger partial charge in [-0.05, 0) is 106 Å². The lowest BCUT2D eigenvalue weighted by Crippen LogP contribution is -2.40. The Bertz CT molecular complexity index is 595. The molecule has 266 valence electrons. The molecule has 0 heterocycles. The van der Waals surface area contributed by atoms with E-state index in [9.17, 15) is 0 Å². The molecule has 0 saturated heterocycles. The van der Waals surface area contributed by atoms with Crippen LogP contribution in [0.2, 0.25) is 0 Å². The maximum absolute atomic E-state index is 4.15. The first-order valence-electron chi connectivity index (χ1n) is 19.2. The van der Waals surface area contributed by atoms with Crippen molar-refractivity contribution in [2.45, 2.75) is 206 Å². The zero-order chi connectivity index (χ0) is 33.7. The van der Waals surface area contributed by atoms with Crippen molar-refractivity contribution in [3.8, 4) is 0 Å². The maximum Gasteiger partial charge on any atom is -0.0295 e. The van der Waals surface area contributed by atoms with Gasteiger partial charge in [-0.1, -0.05) is 153 Å². The smallest absolute Gasteiger partial charge is 0.0295 e. The highest BCUT2D eigenvalue weighted by Crippen LogP contribution is 2.58. The van der Waals surface area contributed by atoms with Crippen LogP contribution in [0.1, 0.15) is 206 Å². The molecule has 0 aromatic heterocycles. The lowest BCUT2D eigenvalue weighted by atomic mass is 9.57. The van der Waals surface area contributed by atoms with Crippen LogP contribution in [0.15, 0.2) is 38.0 Å². The zero-order valence-corrected chi connectivity index (χ0v) is 32.3. The van der Waals surface area contributed by atoms with E-state index in [0.29, 0.717) is 5.41 Å². The van der Waals surface area contributed by atoms with Gasteiger partial charge in [0.2, 0.25) is 0 Å². The van der Waals surface area contributed by atoms with E-state index in [1.54, 1.807) is 0 Å². The molecule has 5 unspecified atom stereocenters. The summed E-state index contributed by atoms with van der Waals surface area (Å²) in [6.45, 7) is 39.3. The predicted octanol–water partition coefficient (Wildman–Crippen LogP) is 16.5. The molecule has 0 spiro atoms. The monoisotopic (exact) mass is 619 g/mol. The van der Waals surface area contributed by atoms with Crippen molar-refractivity contribution in [3.63, 3.8) is 0 Å². The molecular weight excluding hydrogens is 528 g/mol. The van der Waals surface area contributed by atoms with E-state index in [2.05, 4.69) is 102 Å². The van der Waals surface area contributed by atoms with Gasteiger partial charge in [-0.2, -0.15) is 0 Å². The molecular formula is C44H90. The summed E-state index contributed by atoms with van der Waals surface area (Å²) in [6.07, 6.45) is 28.4. The highest BCUT2D eigenvalue weighted by molar-refractivity contribution is 4.99. The molecule has 0 aromatic carbocycles. The number of unbranched alkanes of at least 4 members (excludes halogenated alkanes) is 6. The van der Waals surface area contributed by atoms with Gasteiger partial charge in [0.05, 0.1) is 0 Å².